The molecule has 2 atom stereocenters. The molecular weight excluding hydrogens is 522 g/mol. The van der Waals surface area contributed by atoms with Crippen LogP contribution in [-0.2, 0) is 14.2 Å². The highest BCUT2D eigenvalue weighted by atomic mass is 31.1. The molecule has 0 bridgehead atoms. The molecule has 0 radical (unpaired) electrons. The van der Waals surface area contributed by atoms with Crippen LogP contribution in [0.3, 0.4) is 0 Å². The Morgan fingerprint density at radius 1 is 1.00 bits per heavy atom. The lowest BCUT2D eigenvalue weighted by atomic mass is 9.92. The van der Waals surface area contributed by atoms with Gasteiger partial charge in [-0.3, -0.25) is 19.1 Å². The van der Waals surface area contributed by atoms with Gasteiger partial charge in [-0.25, -0.2) is 4.39 Å². The Hall–Kier alpha value is -4.02. The second-order valence-electron chi connectivity index (χ2n) is 10.3. The predicted molar refractivity (Wildman–Crippen MR) is 157 cm³/mol. The first-order valence-electron chi connectivity index (χ1n) is 13.5. The van der Waals surface area contributed by atoms with Crippen molar-refractivity contribution < 1.29 is 18.5 Å². The van der Waals surface area contributed by atoms with Crippen molar-refractivity contribution in [3.8, 4) is 11.1 Å². The van der Waals surface area contributed by atoms with E-state index in [-0.39, 0.29) is 44.9 Å². The van der Waals surface area contributed by atoms with E-state index in [4.69, 9.17) is 4.98 Å². The number of para-hydroxylation sites is 1. The molecule has 1 N–H and O–H groups in total. The van der Waals surface area contributed by atoms with Crippen LogP contribution in [0.2, 0.25) is 0 Å². The summed E-state index contributed by atoms with van der Waals surface area (Å²) >= 11 is 0. The molecule has 0 aliphatic heterocycles. The molecule has 202 valence electrons. The minimum absolute atomic E-state index is 0.0203. The highest BCUT2D eigenvalue weighted by Crippen LogP contribution is 2.45. The van der Waals surface area contributed by atoms with Gasteiger partial charge < -0.3 is 5.32 Å². The summed E-state index contributed by atoms with van der Waals surface area (Å²) in [5, 5.41) is 3.84. The molecule has 0 saturated heterocycles. The Morgan fingerprint density at radius 2 is 1.70 bits per heavy atom. The summed E-state index contributed by atoms with van der Waals surface area (Å²) in [6.45, 7) is 1.89. The monoisotopic (exact) mass is 552 g/mol. The molecule has 0 spiro atoms. The van der Waals surface area contributed by atoms with Crippen LogP contribution in [-0.4, -0.2) is 22.3 Å². The van der Waals surface area contributed by atoms with Gasteiger partial charge in [0.15, 0.2) is 14.2 Å². The van der Waals surface area contributed by atoms with Crippen LogP contribution in [0.1, 0.15) is 61.4 Å². The molecule has 5 rings (SSSR count). The lowest BCUT2D eigenvalue weighted by Crippen LogP contribution is -2.29. The van der Waals surface area contributed by atoms with Crippen LogP contribution in [0.5, 0.6) is 0 Å². The first-order valence-corrected chi connectivity index (χ1v) is 14.4. The molecule has 5 nitrogen and oxygen atoms in total. The number of halogens is 1. The summed E-state index contributed by atoms with van der Waals surface area (Å²) in [5.74, 6) is -0.490. The third-order valence-corrected chi connectivity index (χ3v) is 7.84. The Morgan fingerprint density at radius 3 is 2.40 bits per heavy atom. The number of nitrogens with one attached hydrogen (secondary N) is 1. The quantitative estimate of drug-likeness (QED) is 0.152. The number of ketones is 1. The molecule has 1 aromatic heterocycles. The summed E-state index contributed by atoms with van der Waals surface area (Å²) in [7, 11) is -0.251. The number of pyridine rings is 1. The number of nitrogens with zero attached hydrogens (tertiary/aromatic N) is 1. The van der Waals surface area contributed by atoms with Crippen LogP contribution >= 0.6 is 8.46 Å². The average Bonchev–Trinajstić information content (AvgIpc) is 3.81. The average molecular weight is 553 g/mol. The summed E-state index contributed by atoms with van der Waals surface area (Å²) in [6.07, 6.45) is 5.28. The van der Waals surface area contributed by atoms with Gasteiger partial charge in [0, 0.05) is 35.3 Å². The number of carbonyl (C=O) groups excluding carboxylic acids is 2. The zero-order valence-electron chi connectivity index (χ0n) is 22.2. The largest absolute Gasteiger partial charge is 0.350 e. The molecular formula is C33H30FN2O3P. The number of rotatable bonds is 11. The predicted octanol–water partition coefficient (Wildman–Crippen LogP) is 7.82. The van der Waals surface area contributed by atoms with E-state index in [1.165, 1.54) is 18.2 Å². The van der Waals surface area contributed by atoms with Crippen molar-refractivity contribution in [2.24, 2.45) is 0 Å². The van der Waals surface area contributed by atoms with Crippen LogP contribution in [0, 0.1) is 5.82 Å². The Balaban J connectivity index is 1.37. The number of carbonyl (C=O) groups is 2. The van der Waals surface area contributed by atoms with Gasteiger partial charge in [0.25, 0.3) is 0 Å². The van der Waals surface area contributed by atoms with E-state index in [1.807, 2.05) is 61.5 Å². The molecule has 40 heavy (non-hydrogen) atoms. The van der Waals surface area contributed by atoms with E-state index in [2.05, 4.69) is 5.32 Å². The third kappa shape index (κ3) is 6.57. The van der Waals surface area contributed by atoms with Crippen molar-refractivity contribution in [2.75, 3.05) is 0 Å². The number of hydrogen-bond acceptors (Lipinski definition) is 4. The van der Waals surface area contributed by atoms with Gasteiger partial charge in [0.05, 0.1) is 22.9 Å². The number of fused-ring (bicyclic) bond motifs is 1. The Kier molecular flexibility index (Phi) is 8.57. The minimum atomic E-state index is -0.630. The zero-order valence-corrected chi connectivity index (χ0v) is 23.1. The van der Waals surface area contributed by atoms with Crippen LogP contribution in [0.25, 0.3) is 28.1 Å². The van der Waals surface area contributed by atoms with Crippen LogP contribution in [0.15, 0.2) is 84.9 Å². The van der Waals surface area contributed by atoms with Gasteiger partial charge in [0.1, 0.15) is 5.82 Å². The van der Waals surface area contributed by atoms with E-state index in [0.29, 0.717) is 5.92 Å². The van der Waals surface area contributed by atoms with Crippen molar-refractivity contribution in [1.82, 2.24) is 10.3 Å². The normalized spacial score (nSPS) is 14.8. The molecule has 1 aliphatic rings. The Bertz CT molecular complexity index is 1570. The second kappa shape index (κ2) is 12.4. The summed E-state index contributed by atoms with van der Waals surface area (Å²) < 4.78 is 25.6. The fourth-order valence-corrected chi connectivity index (χ4v) is 5.47. The van der Waals surface area contributed by atoms with Crippen molar-refractivity contribution in [1.29, 1.82) is 0 Å². The number of hydrogen-bond donors (Lipinski definition) is 1. The number of allylic oxidation sites excluding steroid dienone is 1. The van der Waals surface area contributed by atoms with Gasteiger partial charge >= 0.3 is 0 Å². The fourth-order valence-electron chi connectivity index (χ4n) is 4.97. The molecule has 1 aliphatic carbocycles. The van der Waals surface area contributed by atoms with E-state index in [9.17, 15) is 18.5 Å². The van der Waals surface area contributed by atoms with Crippen molar-refractivity contribution in [2.45, 2.75) is 50.2 Å². The second-order valence-corrected chi connectivity index (χ2v) is 11.2. The maximum Gasteiger partial charge on any atom is 0.221 e. The van der Waals surface area contributed by atoms with Crippen LogP contribution in [0.4, 0.5) is 4.39 Å². The Labute approximate surface area is 234 Å². The van der Waals surface area contributed by atoms with Crippen molar-refractivity contribution in [3.63, 3.8) is 0 Å². The highest BCUT2D eigenvalue weighted by Gasteiger charge is 2.29. The van der Waals surface area contributed by atoms with Gasteiger partial charge in [-0.15, -0.1) is 0 Å². The zero-order chi connectivity index (χ0) is 28.1. The molecule has 1 amide bonds. The van der Waals surface area contributed by atoms with E-state index >= 15 is 0 Å². The van der Waals surface area contributed by atoms with Crippen LogP contribution < -0.4 is 5.32 Å². The maximum absolute atomic E-state index is 13.8. The topological polar surface area (TPSA) is 76.1 Å². The molecule has 7 heteroatoms. The minimum Gasteiger partial charge on any atom is -0.350 e. The lowest BCUT2D eigenvalue weighted by Gasteiger charge is -2.16. The molecule has 0 unspecified atom stereocenters. The summed E-state index contributed by atoms with van der Waals surface area (Å²) in [6, 6.07) is 23.6. The molecule has 1 fully saturated rings. The summed E-state index contributed by atoms with van der Waals surface area (Å²) in [5.41, 5.74) is 4.71. The SMILES string of the molecule is C[C@H](NC(=O)C[C@@H](CC(=O)/C=C/c1c(C2CC2)nc2ccccc2c1-c1ccc(F)cc1)P=O)c1ccccc1. The number of aromatic nitrogens is 1. The van der Waals surface area contributed by atoms with Gasteiger partial charge in [-0.2, -0.15) is 0 Å². The van der Waals surface area contributed by atoms with Gasteiger partial charge in [0.2, 0.25) is 5.91 Å². The highest BCUT2D eigenvalue weighted by molar-refractivity contribution is 7.24. The molecule has 3 aromatic carbocycles. The fraction of sp³-hybridized carbons (Fsp3) is 0.242. The smallest absolute Gasteiger partial charge is 0.221 e. The maximum atomic E-state index is 13.8. The van der Waals surface area contributed by atoms with Gasteiger partial charge in [-0.1, -0.05) is 60.7 Å². The van der Waals surface area contributed by atoms with E-state index in [1.54, 1.807) is 18.2 Å². The molecule has 1 saturated carbocycles. The number of amides is 1. The molecule has 1 heterocycles. The number of benzene rings is 3. The molecule has 4 aromatic rings. The first kappa shape index (κ1) is 27.5. The lowest BCUT2D eigenvalue weighted by molar-refractivity contribution is -0.121. The standard InChI is InChI=1S/C33H30FN2O3P/c1-21(22-7-3-2-4-8-22)35-31(38)20-27(40-39)19-26(37)17-18-29-32(23-13-15-25(34)16-14-23)28-9-5-6-10-30(28)36-33(29)24-11-12-24/h2-10,13-18,21,24,27H,11-12,19-20H2,1H3,(H,35,38)/b18-17+/t21-,27+/m0/s1. The summed E-state index contributed by atoms with van der Waals surface area (Å²) in [4.78, 5) is 30.6. The first-order chi connectivity index (χ1) is 19.4. The third-order valence-electron chi connectivity index (χ3n) is 7.18. The van der Waals surface area contributed by atoms with Crippen molar-refractivity contribution in [3.05, 3.63) is 108 Å². The van der Waals surface area contributed by atoms with Gasteiger partial charge in [-0.05, 0) is 61.2 Å². The van der Waals surface area contributed by atoms with E-state index in [0.717, 1.165) is 51.7 Å². The van der Waals surface area contributed by atoms with E-state index < -0.39 is 5.66 Å². The van der Waals surface area contributed by atoms with Crippen molar-refractivity contribution >= 4 is 37.1 Å².